The largest absolute Gasteiger partial charge is 0.372 e. The molecule has 2 atom stereocenters. The molecular formula is C24H21BrN2OS. The van der Waals surface area contributed by atoms with Crippen LogP contribution in [0.3, 0.4) is 0 Å². The molecular weight excluding hydrogens is 444 g/mol. The molecule has 5 rings (SSSR count). The van der Waals surface area contributed by atoms with Gasteiger partial charge in [-0.1, -0.05) is 46.3 Å². The van der Waals surface area contributed by atoms with E-state index in [4.69, 9.17) is 0 Å². The lowest BCUT2D eigenvalue weighted by Gasteiger charge is -2.29. The Balaban J connectivity index is 1.64. The van der Waals surface area contributed by atoms with E-state index in [0.29, 0.717) is 6.42 Å². The van der Waals surface area contributed by atoms with Crippen molar-refractivity contribution < 1.29 is 4.79 Å². The molecule has 3 nitrogen and oxygen atoms in total. The van der Waals surface area contributed by atoms with E-state index in [-0.39, 0.29) is 17.7 Å². The minimum Gasteiger partial charge on any atom is -0.372 e. The van der Waals surface area contributed by atoms with E-state index < -0.39 is 0 Å². The van der Waals surface area contributed by atoms with Crippen LogP contribution in [0, 0.1) is 6.92 Å². The highest BCUT2D eigenvalue weighted by molar-refractivity contribution is 9.10. The van der Waals surface area contributed by atoms with E-state index in [2.05, 4.69) is 81.3 Å². The van der Waals surface area contributed by atoms with Gasteiger partial charge in [0.15, 0.2) is 5.78 Å². The minimum absolute atomic E-state index is 0.171. The number of fused-ring (bicyclic) bond motifs is 1. The predicted octanol–water partition coefficient (Wildman–Crippen LogP) is 6.80. The Morgan fingerprint density at radius 1 is 1.03 bits per heavy atom. The van der Waals surface area contributed by atoms with Crippen molar-refractivity contribution in [2.24, 2.45) is 0 Å². The SMILES string of the molecule is Cc1ccc(C2Nc3ccccc3NC3=C2C(=O)CC(c2cccs2)C3)cc1Br. The second-order valence-corrected chi connectivity index (χ2v) is 9.53. The summed E-state index contributed by atoms with van der Waals surface area (Å²) in [5, 5.41) is 9.33. The summed E-state index contributed by atoms with van der Waals surface area (Å²) in [5.41, 5.74) is 6.22. The zero-order chi connectivity index (χ0) is 20.0. The van der Waals surface area contributed by atoms with Gasteiger partial charge in [0.1, 0.15) is 0 Å². The summed E-state index contributed by atoms with van der Waals surface area (Å²) in [5.74, 6) is 0.462. The molecule has 5 heteroatoms. The van der Waals surface area contributed by atoms with Crippen LogP contribution in [0.25, 0.3) is 0 Å². The number of thiophene rings is 1. The van der Waals surface area contributed by atoms with E-state index >= 15 is 0 Å². The number of para-hydroxylation sites is 2. The van der Waals surface area contributed by atoms with E-state index in [9.17, 15) is 4.79 Å². The van der Waals surface area contributed by atoms with Crippen molar-refractivity contribution >= 4 is 44.4 Å². The fourth-order valence-corrected chi connectivity index (χ4v) is 5.48. The number of Topliss-reactive ketones (excluding diaryl/α,β-unsaturated/α-hetero) is 1. The lowest BCUT2D eigenvalue weighted by Crippen LogP contribution is -2.26. The Morgan fingerprint density at radius 3 is 2.62 bits per heavy atom. The number of carbonyl (C=O) groups excluding carboxylic acids is 1. The smallest absolute Gasteiger partial charge is 0.163 e. The van der Waals surface area contributed by atoms with Gasteiger partial charge in [-0.15, -0.1) is 11.3 Å². The third-order valence-corrected chi connectivity index (χ3v) is 7.67. The minimum atomic E-state index is -0.171. The summed E-state index contributed by atoms with van der Waals surface area (Å²) < 4.78 is 1.06. The number of carbonyl (C=O) groups is 1. The van der Waals surface area contributed by atoms with Crippen LogP contribution in [0.1, 0.15) is 40.8 Å². The van der Waals surface area contributed by atoms with E-state index in [0.717, 1.165) is 39.1 Å². The molecule has 0 fully saturated rings. The first kappa shape index (κ1) is 18.6. The number of anilines is 2. The van der Waals surface area contributed by atoms with Gasteiger partial charge in [-0.2, -0.15) is 0 Å². The van der Waals surface area contributed by atoms with Gasteiger partial charge in [0.25, 0.3) is 0 Å². The quantitative estimate of drug-likeness (QED) is 0.438. The topological polar surface area (TPSA) is 41.1 Å². The Hall–Kier alpha value is -2.37. The number of hydrogen-bond donors (Lipinski definition) is 2. The standard InChI is InChI=1S/C24H21BrN2OS/c1-14-8-9-15(11-17(14)25)24-23-20(26-18-5-2-3-6-19(18)27-24)12-16(13-21(23)28)22-7-4-10-29-22/h2-11,16,24,26-27H,12-13H2,1H3. The van der Waals surface area contributed by atoms with E-state index in [1.165, 1.54) is 10.4 Å². The molecule has 146 valence electrons. The maximum atomic E-state index is 13.4. The fraction of sp³-hybridized carbons (Fsp3) is 0.208. The molecule has 0 saturated carbocycles. The van der Waals surface area contributed by atoms with Gasteiger partial charge in [0.2, 0.25) is 0 Å². The number of allylic oxidation sites excluding steroid dienone is 1. The first-order valence-electron chi connectivity index (χ1n) is 9.78. The van der Waals surface area contributed by atoms with Crippen molar-refractivity contribution in [3.05, 3.63) is 91.7 Å². The van der Waals surface area contributed by atoms with Crippen LogP contribution < -0.4 is 10.6 Å². The van der Waals surface area contributed by atoms with Gasteiger partial charge in [0, 0.05) is 33.0 Å². The molecule has 0 saturated heterocycles. The highest BCUT2D eigenvalue weighted by Crippen LogP contribution is 2.45. The molecule has 2 N–H and O–H groups in total. The number of halogens is 1. The molecule has 0 spiro atoms. The Morgan fingerprint density at radius 2 is 1.86 bits per heavy atom. The third-order valence-electron chi connectivity index (χ3n) is 5.78. The number of ketones is 1. The first-order valence-corrected chi connectivity index (χ1v) is 11.5. The van der Waals surface area contributed by atoms with Gasteiger partial charge in [-0.3, -0.25) is 4.79 Å². The molecule has 0 radical (unpaired) electrons. The lowest BCUT2D eigenvalue weighted by molar-refractivity contribution is -0.116. The highest BCUT2D eigenvalue weighted by atomic mass is 79.9. The van der Waals surface area contributed by atoms with Crippen molar-refractivity contribution in [3.8, 4) is 0 Å². The summed E-state index contributed by atoms with van der Waals surface area (Å²) in [6.45, 7) is 2.08. The summed E-state index contributed by atoms with van der Waals surface area (Å²) >= 11 is 5.40. The van der Waals surface area contributed by atoms with Gasteiger partial charge in [-0.05, 0) is 54.1 Å². The number of rotatable bonds is 2. The molecule has 2 unspecified atom stereocenters. The first-order chi connectivity index (χ1) is 14.1. The molecule has 0 bridgehead atoms. The van der Waals surface area contributed by atoms with Crippen molar-refractivity contribution in [3.63, 3.8) is 0 Å². The third kappa shape index (κ3) is 3.43. The molecule has 1 aromatic heterocycles. The van der Waals surface area contributed by atoms with Crippen LogP contribution >= 0.6 is 27.3 Å². The van der Waals surface area contributed by atoms with Crippen LogP contribution in [-0.2, 0) is 4.79 Å². The number of aryl methyl sites for hydroxylation is 1. The van der Waals surface area contributed by atoms with Crippen LogP contribution in [0.4, 0.5) is 11.4 Å². The van der Waals surface area contributed by atoms with Crippen molar-refractivity contribution in [2.45, 2.75) is 31.7 Å². The van der Waals surface area contributed by atoms with Crippen LogP contribution in [0.2, 0.25) is 0 Å². The van der Waals surface area contributed by atoms with Crippen LogP contribution in [-0.4, -0.2) is 5.78 Å². The van der Waals surface area contributed by atoms with E-state index in [1.54, 1.807) is 11.3 Å². The molecule has 0 amide bonds. The van der Waals surface area contributed by atoms with Gasteiger partial charge in [-0.25, -0.2) is 0 Å². The zero-order valence-electron chi connectivity index (χ0n) is 16.0. The number of benzene rings is 2. The van der Waals surface area contributed by atoms with Gasteiger partial charge in [0.05, 0.1) is 17.4 Å². The molecule has 2 aliphatic rings. The molecule has 2 heterocycles. The fourth-order valence-electron chi connectivity index (χ4n) is 4.26. The predicted molar refractivity (Wildman–Crippen MR) is 124 cm³/mol. The Labute approximate surface area is 183 Å². The zero-order valence-corrected chi connectivity index (χ0v) is 18.4. The summed E-state index contributed by atoms with van der Waals surface area (Å²) in [7, 11) is 0. The van der Waals surface area contributed by atoms with E-state index in [1.807, 2.05) is 12.1 Å². The van der Waals surface area contributed by atoms with Crippen LogP contribution in [0.5, 0.6) is 0 Å². The average Bonchev–Trinajstić information content (AvgIpc) is 3.19. The lowest BCUT2D eigenvalue weighted by atomic mass is 9.80. The average molecular weight is 465 g/mol. The Bertz CT molecular complexity index is 1120. The second-order valence-electron chi connectivity index (χ2n) is 7.69. The molecule has 3 aromatic rings. The normalized spacial score (nSPS) is 21.0. The summed E-state index contributed by atoms with van der Waals surface area (Å²) in [4.78, 5) is 14.7. The maximum Gasteiger partial charge on any atom is 0.163 e. The van der Waals surface area contributed by atoms with Gasteiger partial charge < -0.3 is 10.6 Å². The number of hydrogen-bond acceptors (Lipinski definition) is 4. The second kappa shape index (κ2) is 7.47. The monoisotopic (exact) mass is 464 g/mol. The van der Waals surface area contributed by atoms with Crippen molar-refractivity contribution in [2.75, 3.05) is 10.6 Å². The summed E-state index contributed by atoms with van der Waals surface area (Å²) in [6.07, 6.45) is 1.41. The highest BCUT2D eigenvalue weighted by Gasteiger charge is 2.36. The Kier molecular flexibility index (Phi) is 4.80. The molecule has 1 aliphatic carbocycles. The number of nitrogens with one attached hydrogen (secondary N) is 2. The van der Waals surface area contributed by atoms with Crippen molar-refractivity contribution in [1.29, 1.82) is 0 Å². The van der Waals surface area contributed by atoms with Gasteiger partial charge >= 0.3 is 0 Å². The van der Waals surface area contributed by atoms with Crippen molar-refractivity contribution in [1.82, 2.24) is 0 Å². The summed E-state index contributed by atoms with van der Waals surface area (Å²) in [6, 6.07) is 18.6. The maximum absolute atomic E-state index is 13.4. The molecule has 1 aliphatic heterocycles. The van der Waals surface area contributed by atoms with Crippen LogP contribution in [0.15, 0.2) is 75.7 Å². The molecule has 29 heavy (non-hydrogen) atoms. The molecule has 2 aromatic carbocycles.